The number of carbonyl (C=O) groups excluding carboxylic acids is 4. The molecular formula is C28H32N2O7. The van der Waals surface area contributed by atoms with Crippen molar-refractivity contribution >= 4 is 29.3 Å². The Morgan fingerprint density at radius 1 is 1.03 bits per heavy atom. The minimum Gasteiger partial charge on any atom is -0.497 e. The van der Waals surface area contributed by atoms with Gasteiger partial charge in [-0.15, -0.1) is 0 Å². The van der Waals surface area contributed by atoms with Gasteiger partial charge in [0, 0.05) is 23.2 Å². The first-order valence-corrected chi connectivity index (χ1v) is 12.4. The van der Waals surface area contributed by atoms with Gasteiger partial charge in [-0.05, 0) is 38.5 Å². The summed E-state index contributed by atoms with van der Waals surface area (Å²) < 4.78 is 16.4. The Morgan fingerprint density at radius 2 is 1.78 bits per heavy atom. The molecule has 0 aliphatic carbocycles. The smallest absolute Gasteiger partial charge is 0.327 e. The number of hydrogen-bond donors (Lipinski definition) is 1. The molecule has 2 aromatic rings. The van der Waals surface area contributed by atoms with E-state index in [4.69, 9.17) is 14.2 Å². The number of rotatable bonds is 9. The van der Waals surface area contributed by atoms with E-state index in [1.165, 1.54) is 27.2 Å². The summed E-state index contributed by atoms with van der Waals surface area (Å²) in [5.74, 6) is -2.57. The fourth-order valence-electron chi connectivity index (χ4n) is 5.64. The van der Waals surface area contributed by atoms with Crippen LogP contribution in [0.3, 0.4) is 0 Å². The minimum absolute atomic E-state index is 0.131. The van der Waals surface area contributed by atoms with Crippen molar-refractivity contribution in [2.45, 2.75) is 45.2 Å². The molecule has 0 bridgehead atoms. The summed E-state index contributed by atoms with van der Waals surface area (Å²) >= 11 is 0. The van der Waals surface area contributed by atoms with Gasteiger partial charge in [0.1, 0.15) is 17.0 Å². The van der Waals surface area contributed by atoms with Gasteiger partial charge in [0.15, 0.2) is 5.78 Å². The summed E-state index contributed by atoms with van der Waals surface area (Å²) in [5, 5.41) is 3.37. The molecule has 0 aromatic heterocycles. The third-order valence-electron chi connectivity index (χ3n) is 7.22. The third kappa shape index (κ3) is 4.27. The molecule has 0 unspecified atom stereocenters. The molecule has 9 nitrogen and oxygen atoms in total. The molecule has 0 radical (unpaired) electrons. The van der Waals surface area contributed by atoms with Crippen molar-refractivity contribution in [3.05, 3.63) is 53.6 Å². The number of ether oxygens (including phenoxy) is 3. The molecule has 0 spiro atoms. The van der Waals surface area contributed by atoms with Crippen LogP contribution in [0.5, 0.6) is 11.5 Å². The van der Waals surface area contributed by atoms with Crippen molar-refractivity contribution in [3.8, 4) is 11.5 Å². The molecule has 2 amide bonds. The van der Waals surface area contributed by atoms with Gasteiger partial charge >= 0.3 is 5.97 Å². The van der Waals surface area contributed by atoms with Crippen molar-refractivity contribution in [1.29, 1.82) is 0 Å². The highest BCUT2D eigenvalue weighted by Crippen LogP contribution is 2.53. The minimum atomic E-state index is -1.41. The molecule has 0 saturated carbocycles. The van der Waals surface area contributed by atoms with Gasteiger partial charge in [-0.2, -0.15) is 0 Å². The highest BCUT2D eigenvalue weighted by atomic mass is 16.5. The lowest BCUT2D eigenvalue weighted by Gasteiger charge is -2.33. The van der Waals surface area contributed by atoms with Gasteiger partial charge in [-0.3, -0.25) is 24.5 Å². The highest BCUT2D eigenvalue weighted by molar-refractivity contribution is 6.24. The van der Waals surface area contributed by atoms with Crippen molar-refractivity contribution in [2.75, 3.05) is 25.7 Å². The zero-order chi connectivity index (χ0) is 26.9. The zero-order valence-electron chi connectivity index (χ0n) is 21.7. The number of methoxy groups -OCH3 is 2. The quantitative estimate of drug-likeness (QED) is 0.312. The Morgan fingerprint density at radius 3 is 2.41 bits per heavy atom. The molecule has 2 saturated heterocycles. The summed E-state index contributed by atoms with van der Waals surface area (Å²) in [4.78, 5) is 54.7. The second-order valence-corrected chi connectivity index (χ2v) is 9.29. The second kappa shape index (κ2) is 10.3. The van der Waals surface area contributed by atoms with E-state index in [0.29, 0.717) is 41.2 Å². The number of nitrogens with one attached hydrogen (secondary N) is 1. The molecule has 2 aromatic carbocycles. The fraction of sp³-hybridized carbons (Fsp3) is 0.429. The largest absolute Gasteiger partial charge is 0.497 e. The summed E-state index contributed by atoms with van der Waals surface area (Å²) in [6.45, 7) is 5.17. The highest BCUT2D eigenvalue weighted by Gasteiger charge is 2.69. The van der Waals surface area contributed by atoms with Gasteiger partial charge in [-0.1, -0.05) is 31.5 Å². The van der Waals surface area contributed by atoms with Gasteiger partial charge in [0.05, 0.1) is 38.3 Å². The molecule has 4 rings (SSSR count). The maximum Gasteiger partial charge on any atom is 0.327 e. The van der Waals surface area contributed by atoms with Crippen LogP contribution >= 0.6 is 0 Å². The first kappa shape index (κ1) is 26.3. The molecule has 1 N–H and O–H groups in total. The first-order valence-electron chi connectivity index (χ1n) is 12.4. The summed E-state index contributed by atoms with van der Waals surface area (Å²) in [6.07, 6.45) is 0.866. The number of amides is 2. The van der Waals surface area contributed by atoms with E-state index in [1.807, 2.05) is 6.92 Å². The van der Waals surface area contributed by atoms with E-state index in [1.54, 1.807) is 43.3 Å². The topological polar surface area (TPSA) is 111 Å². The maximum atomic E-state index is 14.0. The monoisotopic (exact) mass is 508 g/mol. The number of nitrogens with zero attached hydrogens (tertiary/aromatic N) is 1. The van der Waals surface area contributed by atoms with Crippen LogP contribution in [-0.4, -0.2) is 49.9 Å². The third-order valence-corrected chi connectivity index (χ3v) is 7.22. The first-order chi connectivity index (χ1) is 17.7. The van der Waals surface area contributed by atoms with Crippen LogP contribution in [0.15, 0.2) is 42.5 Å². The van der Waals surface area contributed by atoms with Crippen molar-refractivity contribution < 1.29 is 33.4 Å². The molecule has 4 atom stereocenters. The van der Waals surface area contributed by atoms with E-state index < -0.39 is 41.2 Å². The maximum absolute atomic E-state index is 14.0. The number of anilines is 1. The van der Waals surface area contributed by atoms with Gasteiger partial charge in [0.2, 0.25) is 11.8 Å². The summed E-state index contributed by atoms with van der Waals surface area (Å²) in [6, 6.07) is 10.9. The Kier molecular flexibility index (Phi) is 7.36. The van der Waals surface area contributed by atoms with Crippen molar-refractivity contribution in [2.24, 2.45) is 11.8 Å². The molecule has 2 fully saturated rings. The Labute approximate surface area is 216 Å². The van der Waals surface area contributed by atoms with Crippen LogP contribution in [0.4, 0.5) is 5.69 Å². The molecule has 2 aliphatic rings. The van der Waals surface area contributed by atoms with E-state index in [0.717, 1.165) is 4.90 Å². The number of hydrogen-bond acceptors (Lipinski definition) is 8. The molecule has 196 valence electrons. The summed E-state index contributed by atoms with van der Waals surface area (Å²) in [5.41, 5.74) is -0.107. The number of carbonyl (C=O) groups is 4. The molecule has 37 heavy (non-hydrogen) atoms. The number of imide groups is 1. The number of benzene rings is 2. The fourth-order valence-corrected chi connectivity index (χ4v) is 5.64. The zero-order valence-corrected chi connectivity index (χ0v) is 21.7. The van der Waals surface area contributed by atoms with Gasteiger partial charge < -0.3 is 14.2 Å². The standard InChI is InChI=1S/C28H32N2O7/c1-6-13-28(27(34)37-7-2)23-22(24(29-28)20-12-11-19(35-4)15-21(20)36-5)25(32)30(26(23)33)18-10-8-9-17(14-18)16(3)31/h8-12,14-15,22-24,29H,6-7,13H2,1-5H3/t22-,23+,24-,28+/m1/s1. The summed E-state index contributed by atoms with van der Waals surface area (Å²) in [7, 11) is 3.05. The van der Waals surface area contributed by atoms with E-state index in [2.05, 4.69) is 5.32 Å². The van der Waals surface area contributed by atoms with Crippen molar-refractivity contribution in [1.82, 2.24) is 5.32 Å². The molecule has 9 heteroatoms. The van der Waals surface area contributed by atoms with Crippen molar-refractivity contribution in [3.63, 3.8) is 0 Å². The lowest BCUT2D eigenvalue weighted by atomic mass is 9.77. The molecular weight excluding hydrogens is 476 g/mol. The lowest BCUT2D eigenvalue weighted by Crippen LogP contribution is -2.56. The lowest BCUT2D eigenvalue weighted by molar-refractivity contribution is -0.155. The van der Waals surface area contributed by atoms with Crippen LogP contribution in [0.1, 0.15) is 55.6 Å². The second-order valence-electron chi connectivity index (χ2n) is 9.29. The SMILES string of the molecule is CCC[C@]1(C(=O)OCC)N[C@H](c2ccc(OC)cc2OC)[C@@H]2C(=O)N(c3cccc(C(C)=O)c3)C(=O)[C@H]21. The Balaban J connectivity index is 1.90. The van der Waals surface area contributed by atoms with E-state index >= 15 is 0 Å². The average Bonchev–Trinajstić information content (AvgIpc) is 3.37. The Bertz CT molecular complexity index is 1240. The normalized spacial score (nSPS) is 24.7. The van der Waals surface area contributed by atoms with Crippen LogP contribution in [0.25, 0.3) is 0 Å². The van der Waals surface area contributed by atoms with Gasteiger partial charge in [-0.25, -0.2) is 4.90 Å². The number of fused-ring (bicyclic) bond motifs is 1. The van der Waals surface area contributed by atoms with Crippen LogP contribution in [-0.2, 0) is 19.1 Å². The predicted molar refractivity (Wildman–Crippen MR) is 136 cm³/mol. The average molecular weight is 509 g/mol. The van der Waals surface area contributed by atoms with Gasteiger partial charge in [0.25, 0.3) is 0 Å². The number of Topliss-reactive ketones (excluding diaryl/α,β-unsaturated/α-hetero) is 1. The predicted octanol–water partition coefficient (Wildman–Crippen LogP) is 3.46. The van der Waals surface area contributed by atoms with Crippen LogP contribution in [0, 0.1) is 11.8 Å². The number of ketones is 1. The van der Waals surface area contributed by atoms with E-state index in [9.17, 15) is 19.2 Å². The van der Waals surface area contributed by atoms with Crippen LogP contribution < -0.4 is 19.7 Å². The van der Waals surface area contributed by atoms with E-state index in [-0.39, 0.29) is 12.4 Å². The number of esters is 1. The Hall–Kier alpha value is -3.72. The van der Waals surface area contributed by atoms with Crippen LogP contribution in [0.2, 0.25) is 0 Å². The molecule has 2 heterocycles. The molecule has 2 aliphatic heterocycles.